The molecule has 1 N–H and O–H groups in total. The minimum atomic E-state index is -2.93. The molecule has 6 nitrogen and oxygen atoms in total. The van der Waals surface area contributed by atoms with Gasteiger partial charge in [0.2, 0.25) is 0 Å². The maximum Gasteiger partial charge on any atom is 0.283 e. The Kier molecular flexibility index (Phi) is 5.89. The van der Waals surface area contributed by atoms with Crippen LogP contribution in [-0.2, 0) is 16.4 Å². The van der Waals surface area contributed by atoms with Crippen molar-refractivity contribution >= 4 is 31.5 Å². The molecule has 1 aromatic carbocycles. The van der Waals surface area contributed by atoms with E-state index in [4.69, 9.17) is 0 Å². The minimum Gasteiger partial charge on any atom is -0.313 e. The van der Waals surface area contributed by atoms with E-state index >= 15 is 0 Å². The molecule has 0 heterocycles. The van der Waals surface area contributed by atoms with Gasteiger partial charge in [0.1, 0.15) is 9.84 Å². The van der Waals surface area contributed by atoms with Crippen LogP contribution in [-0.4, -0.2) is 31.9 Å². The van der Waals surface area contributed by atoms with Crippen LogP contribution in [0.4, 0.5) is 5.69 Å². The van der Waals surface area contributed by atoms with E-state index in [9.17, 15) is 18.5 Å². The summed E-state index contributed by atoms with van der Waals surface area (Å²) in [7, 11) is -2.93. The summed E-state index contributed by atoms with van der Waals surface area (Å²) in [5.74, 6) is 0.135. The van der Waals surface area contributed by atoms with Gasteiger partial charge in [-0.2, -0.15) is 0 Å². The lowest BCUT2D eigenvalue weighted by atomic mass is 10.2. The Hall–Kier alpha value is -0.990. The standard InChI is InChI=1S/C11H15BrN2O4S/c1-19(17,18)7-3-6-13-8-9-4-2-5-10(11(9)12)14(15)16/h2,4-5,13H,3,6-8H2,1H3. The number of rotatable bonds is 7. The number of benzene rings is 1. The molecule has 0 saturated heterocycles. The molecule has 0 amide bonds. The predicted octanol–water partition coefficient (Wildman–Crippen LogP) is 1.88. The zero-order chi connectivity index (χ0) is 14.5. The van der Waals surface area contributed by atoms with Crippen molar-refractivity contribution in [3.05, 3.63) is 38.3 Å². The monoisotopic (exact) mass is 350 g/mol. The highest BCUT2D eigenvalue weighted by Crippen LogP contribution is 2.27. The van der Waals surface area contributed by atoms with Crippen LogP contribution >= 0.6 is 15.9 Å². The molecule has 0 atom stereocenters. The molecule has 0 aliphatic heterocycles. The summed E-state index contributed by atoms with van der Waals surface area (Å²) in [5, 5.41) is 13.8. The van der Waals surface area contributed by atoms with Crippen LogP contribution in [0.1, 0.15) is 12.0 Å². The molecule has 8 heteroatoms. The maximum absolute atomic E-state index is 10.9. The van der Waals surface area contributed by atoms with E-state index in [1.165, 1.54) is 12.3 Å². The Morgan fingerprint density at radius 3 is 2.68 bits per heavy atom. The van der Waals surface area contributed by atoms with Crippen molar-refractivity contribution in [2.45, 2.75) is 13.0 Å². The van der Waals surface area contributed by atoms with Crippen LogP contribution in [0, 0.1) is 10.1 Å². The van der Waals surface area contributed by atoms with E-state index < -0.39 is 14.8 Å². The van der Waals surface area contributed by atoms with Crippen molar-refractivity contribution < 1.29 is 13.3 Å². The van der Waals surface area contributed by atoms with Crippen molar-refractivity contribution in [3.8, 4) is 0 Å². The van der Waals surface area contributed by atoms with Crippen molar-refractivity contribution in [2.24, 2.45) is 0 Å². The number of nitrogens with zero attached hydrogens (tertiary/aromatic N) is 1. The van der Waals surface area contributed by atoms with Gasteiger partial charge in [0.25, 0.3) is 5.69 Å². The van der Waals surface area contributed by atoms with Gasteiger partial charge in [0.05, 0.1) is 15.1 Å². The van der Waals surface area contributed by atoms with Crippen LogP contribution in [0.3, 0.4) is 0 Å². The molecule has 19 heavy (non-hydrogen) atoms. The van der Waals surface area contributed by atoms with Crippen LogP contribution in [0.15, 0.2) is 22.7 Å². The molecular formula is C11H15BrN2O4S. The second kappa shape index (κ2) is 6.97. The first-order valence-corrected chi connectivity index (χ1v) is 8.47. The maximum atomic E-state index is 10.9. The lowest BCUT2D eigenvalue weighted by molar-refractivity contribution is -0.385. The Bertz CT molecular complexity index is 560. The van der Waals surface area contributed by atoms with Crippen LogP contribution < -0.4 is 5.32 Å². The molecule has 0 unspecified atom stereocenters. The molecule has 0 spiro atoms. The van der Waals surface area contributed by atoms with Gasteiger partial charge >= 0.3 is 0 Å². The van der Waals surface area contributed by atoms with E-state index in [1.54, 1.807) is 12.1 Å². The largest absolute Gasteiger partial charge is 0.313 e. The fraction of sp³-hybridized carbons (Fsp3) is 0.455. The van der Waals surface area contributed by atoms with E-state index in [2.05, 4.69) is 21.2 Å². The number of hydrogen-bond acceptors (Lipinski definition) is 5. The number of nitro groups is 1. The minimum absolute atomic E-state index is 0.0236. The summed E-state index contributed by atoms with van der Waals surface area (Å²) in [6.07, 6.45) is 1.72. The highest BCUT2D eigenvalue weighted by molar-refractivity contribution is 9.10. The van der Waals surface area contributed by atoms with Crippen LogP contribution in [0.2, 0.25) is 0 Å². The van der Waals surface area contributed by atoms with E-state index in [1.807, 2.05) is 0 Å². The molecule has 0 bridgehead atoms. The SMILES string of the molecule is CS(=O)(=O)CCCNCc1cccc([N+](=O)[O-])c1Br. The van der Waals surface area contributed by atoms with Gasteiger partial charge in [0, 0.05) is 18.9 Å². The van der Waals surface area contributed by atoms with Crippen molar-refractivity contribution in [2.75, 3.05) is 18.6 Å². The number of sulfone groups is 1. The van der Waals surface area contributed by atoms with Gasteiger partial charge in [-0.1, -0.05) is 12.1 Å². The molecule has 0 fully saturated rings. The third kappa shape index (κ3) is 5.66. The lowest BCUT2D eigenvalue weighted by Crippen LogP contribution is -2.18. The zero-order valence-corrected chi connectivity index (χ0v) is 12.8. The van der Waals surface area contributed by atoms with Crippen molar-refractivity contribution in [1.29, 1.82) is 0 Å². The van der Waals surface area contributed by atoms with Gasteiger partial charge in [-0.3, -0.25) is 10.1 Å². The van der Waals surface area contributed by atoms with Gasteiger partial charge in [-0.25, -0.2) is 8.42 Å². The summed E-state index contributed by atoms with van der Waals surface area (Å²) < 4.78 is 22.3. The first kappa shape index (κ1) is 16.1. The van der Waals surface area contributed by atoms with Crippen LogP contribution in [0.5, 0.6) is 0 Å². The summed E-state index contributed by atoms with van der Waals surface area (Å²) >= 11 is 3.21. The zero-order valence-electron chi connectivity index (χ0n) is 10.4. The van der Waals surface area contributed by atoms with Crippen molar-refractivity contribution in [1.82, 2.24) is 5.32 Å². The van der Waals surface area contributed by atoms with Crippen LogP contribution in [0.25, 0.3) is 0 Å². The van der Waals surface area contributed by atoms with E-state index in [-0.39, 0.29) is 11.4 Å². The average molecular weight is 351 g/mol. The molecule has 0 aromatic heterocycles. The second-order valence-electron chi connectivity index (χ2n) is 4.17. The summed E-state index contributed by atoms with van der Waals surface area (Å²) in [6, 6.07) is 4.83. The molecule has 0 saturated carbocycles. The fourth-order valence-corrected chi connectivity index (χ4v) is 2.74. The molecule has 0 aliphatic carbocycles. The first-order valence-electron chi connectivity index (χ1n) is 5.61. The molecule has 1 rings (SSSR count). The topological polar surface area (TPSA) is 89.3 Å². The second-order valence-corrected chi connectivity index (χ2v) is 7.22. The summed E-state index contributed by atoms with van der Waals surface area (Å²) in [6.45, 7) is 0.994. The normalized spacial score (nSPS) is 11.5. The molecule has 0 radical (unpaired) electrons. The first-order chi connectivity index (χ1) is 8.81. The summed E-state index contributed by atoms with van der Waals surface area (Å²) in [4.78, 5) is 10.3. The third-order valence-electron chi connectivity index (χ3n) is 2.44. The number of halogens is 1. The van der Waals surface area contributed by atoms with E-state index in [0.717, 1.165) is 5.56 Å². The molecule has 1 aromatic rings. The Morgan fingerprint density at radius 2 is 2.11 bits per heavy atom. The Morgan fingerprint density at radius 1 is 1.42 bits per heavy atom. The molecule has 106 valence electrons. The van der Waals surface area contributed by atoms with Gasteiger partial charge in [-0.15, -0.1) is 0 Å². The summed E-state index contributed by atoms with van der Waals surface area (Å²) in [5.41, 5.74) is 0.795. The number of nitrogens with one attached hydrogen (secondary N) is 1. The number of nitro benzene ring substituents is 1. The smallest absolute Gasteiger partial charge is 0.283 e. The third-order valence-corrected chi connectivity index (χ3v) is 4.38. The molecule has 0 aliphatic rings. The van der Waals surface area contributed by atoms with Gasteiger partial charge in [0.15, 0.2) is 0 Å². The average Bonchev–Trinajstić information content (AvgIpc) is 2.28. The predicted molar refractivity (Wildman–Crippen MR) is 76.8 cm³/mol. The Balaban J connectivity index is 2.50. The highest BCUT2D eigenvalue weighted by atomic mass is 79.9. The lowest BCUT2D eigenvalue weighted by Gasteiger charge is -2.06. The van der Waals surface area contributed by atoms with Gasteiger partial charge < -0.3 is 5.32 Å². The quantitative estimate of drug-likeness (QED) is 0.460. The molecular weight excluding hydrogens is 336 g/mol. The number of hydrogen-bond donors (Lipinski definition) is 1. The fourth-order valence-electron chi connectivity index (χ4n) is 1.53. The highest BCUT2D eigenvalue weighted by Gasteiger charge is 2.14. The van der Waals surface area contributed by atoms with E-state index in [0.29, 0.717) is 24.0 Å². The Labute approximate surface area is 120 Å². The van der Waals surface area contributed by atoms with Crippen molar-refractivity contribution in [3.63, 3.8) is 0 Å². The van der Waals surface area contributed by atoms with Gasteiger partial charge in [-0.05, 0) is 34.5 Å².